The third-order valence-electron chi connectivity index (χ3n) is 3.95. The Labute approximate surface area is 118 Å². The fourth-order valence-electron chi connectivity index (χ4n) is 3.04. The SMILES string of the molecule is CCCN(CCN(C)C)C(=O)C1CC(C)CC(N)C1. The number of hydrogen-bond acceptors (Lipinski definition) is 3. The van der Waals surface area contributed by atoms with E-state index in [0.29, 0.717) is 11.8 Å². The van der Waals surface area contributed by atoms with Gasteiger partial charge in [-0.2, -0.15) is 0 Å². The molecule has 0 aromatic rings. The number of nitrogens with zero attached hydrogens (tertiary/aromatic N) is 2. The molecule has 4 heteroatoms. The van der Waals surface area contributed by atoms with E-state index in [1.807, 2.05) is 19.0 Å². The third-order valence-corrected chi connectivity index (χ3v) is 3.95. The van der Waals surface area contributed by atoms with Crippen LogP contribution in [0.25, 0.3) is 0 Å². The Morgan fingerprint density at radius 2 is 1.84 bits per heavy atom. The van der Waals surface area contributed by atoms with E-state index < -0.39 is 0 Å². The smallest absolute Gasteiger partial charge is 0.225 e. The lowest BCUT2D eigenvalue weighted by Crippen LogP contribution is -2.44. The standard InChI is InChI=1S/C15H31N3O/c1-5-6-18(8-7-17(3)4)15(19)13-9-12(2)10-14(16)11-13/h12-14H,5-11,16H2,1-4H3. The van der Waals surface area contributed by atoms with Crippen molar-refractivity contribution in [1.82, 2.24) is 9.80 Å². The lowest BCUT2D eigenvalue weighted by atomic mass is 9.79. The summed E-state index contributed by atoms with van der Waals surface area (Å²) >= 11 is 0. The lowest BCUT2D eigenvalue weighted by Gasteiger charge is -2.34. The van der Waals surface area contributed by atoms with Crippen molar-refractivity contribution in [2.45, 2.75) is 45.6 Å². The van der Waals surface area contributed by atoms with Crippen molar-refractivity contribution < 1.29 is 4.79 Å². The minimum absolute atomic E-state index is 0.146. The minimum atomic E-state index is 0.146. The first-order valence-electron chi connectivity index (χ1n) is 7.63. The molecule has 0 aliphatic heterocycles. The monoisotopic (exact) mass is 269 g/mol. The molecule has 19 heavy (non-hydrogen) atoms. The summed E-state index contributed by atoms with van der Waals surface area (Å²) in [7, 11) is 4.10. The first-order valence-corrected chi connectivity index (χ1v) is 7.63. The van der Waals surface area contributed by atoms with Gasteiger partial charge in [-0.3, -0.25) is 4.79 Å². The Hall–Kier alpha value is -0.610. The van der Waals surface area contributed by atoms with Crippen LogP contribution in [0.5, 0.6) is 0 Å². The molecule has 0 aromatic carbocycles. The van der Waals surface area contributed by atoms with Crippen molar-refractivity contribution in [1.29, 1.82) is 0 Å². The highest BCUT2D eigenvalue weighted by Crippen LogP contribution is 2.29. The van der Waals surface area contributed by atoms with Gasteiger partial charge in [-0.1, -0.05) is 13.8 Å². The van der Waals surface area contributed by atoms with Gasteiger partial charge in [0.1, 0.15) is 0 Å². The number of carbonyl (C=O) groups excluding carboxylic acids is 1. The third kappa shape index (κ3) is 5.49. The molecule has 1 aliphatic carbocycles. The van der Waals surface area contributed by atoms with Crippen LogP contribution in [-0.2, 0) is 4.79 Å². The van der Waals surface area contributed by atoms with Crippen molar-refractivity contribution in [2.24, 2.45) is 17.6 Å². The van der Waals surface area contributed by atoms with E-state index in [0.717, 1.165) is 45.3 Å². The molecule has 3 atom stereocenters. The Balaban J connectivity index is 2.59. The van der Waals surface area contributed by atoms with E-state index in [-0.39, 0.29) is 12.0 Å². The van der Waals surface area contributed by atoms with E-state index in [1.165, 1.54) is 0 Å². The van der Waals surface area contributed by atoms with Crippen LogP contribution in [0.2, 0.25) is 0 Å². The molecule has 1 rings (SSSR count). The maximum Gasteiger partial charge on any atom is 0.225 e. The number of carbonyl (C=O) groups is 1. The summed E-state index contributed by atoms with van der Waals surface area (Å²) in [6, 6.07) is 0.204. The lowest BCUT2D eigenvalue weighted by molar-refractivity contribution is -0.137. The molecule has 4 nitrogen and oxygen atoms in total. The molecule has 0 aromatic heterocycles. The molecule has 3 unspecified atom stereocenters. The normalized spacial score (nSPS) is 27.6. The van der Waals surface area contributed by atoms with Gasteiger partial charge in [0.25, 0.3) is 0 Å². The molecule has 2 N–H and O–H groups in total. The molecule has 1 aliphatic rings. The van der Waals surface area contributed by atoms with Gasteiger partial charge in [0.05, 0.1) is 0 Å². The summed E-state index contributed by atoms with van der Waals surface area (Å²) in [4.78, 5) is 16.8. The highest BCUT2D eigenvalue weighted by atomic mass is 16.2. The molecular formula is C15H31N3O. The van der Waals surface area contributed by atoms with E-state index in [4.69, 9.17) is 5.73 Å². The molecule has 0 spiro atoms. The van der Waals surface area contributed by atoms with Gasteiger partial charge in [0.15, 0.2) is 0 Å². The van der Waals surface area contributed by atoms with Crippen LogP contribution in [0.1, 0.15) is 39.5 Å². The van der Waals surface area contributed by atoms with Crippen LogP contribution >= 0.6 is 0 Å². The number of rotatable bonds is 6. The fourth-order valence-corrected chi connectivity index (χ4v) is 3.04. The summed E-state index contributed by atoms with van der Waals surface area (Å²) in [6.45, 7) is 6.97. The maximum atomic E-state index is 12.6. The molecule has 1 fully saturated rings. The zero-order valence-corrected chi connectivity index (χ0v) is 13.1. The zero-order valence-electron chi connectivity index (χ0n) is 13.1. The molecule has 1 amide bonds. The average Bonchev–Trinajstić information content (AvgIpc) is 2.32. The second-order valence-electron chi connectivity index (χ2n) is 6.40. The van der Waals surface area contributed by atoms with Crippen LogP contribution < -0.4 is 5.73 Å². The summed E-state index contributed by atoms with van der Waals surface area (Å²) in [6.07, 6.45) is 3.96. The van der Waals surface area contributed by atoms with Gasteiger partial charge in [-0.05, 0) is 45.7 Å². The Kier molecular flexibility index (Phi) is 6.80. The molecule has 1 saturated carbocycles. The molecule has 0 radical (unpaired) electrons. The van der Waals surface area contributed by atoms with Crippen molar-refractivity contribution in [3.8, 4) is 0 Å². The Morgan fingerprint density at radius 3 is 2.37 bits per heavy atom. The van der Waals surface area contributed by atoms with Gasteiger partial charge in [-0.15, -0.1) is 0 Å². The van der Waals surface area contributed by atoms with Gasteiger partial charge in [-0.25, -0.2) is 0 Å². The number of amides is 1. The number of nitrogens with two attached hydrogens (primary N) is 1. The van der Waals surface area contributed by atoms with Crippen LogP contribution in [0.4, 0.5) is 0 Å². The van der Waals surface area contributed by atoms with E-state index in [2.05, 4.69) is 18.7 Å². The van der Waals surface area contributed by atoms with Crippen LogP contribution in [0, 0.1) is 11.8 Å². The zero-order chi connectivity index (χ0) is 14.4. The van der Waals surface area contributed by atoms with E-state index in [1.54, 1.807) is 0 Å². The topological polar surface area (TPSA) is 49.6 Å². The van der Waals surface area contributed by atoms with Crippen molar-refractivity contribution >= 4 is 5.91 Å². The number of likely N-dealkylation sites (N-methyl/N-ethyl adjacent to an activating group) is 1. The molecule has 0 saturated heterocycles. The Bertz CT molecular complexity index is 271. The first kappa shape index (κ1) is 16.4. The van der Waals surface area contributed by atoms with Crippen LogP contribution in [0.3, 0.4) is 0 Å². The van der Waals surface area contributed by atoms with Gasteiger partial charge in [0.2, 0.25) is 5.91 Å². The van der Waals surface area contributed by atoms with E-state index in [9.17, 15) is 4.79 Å². The molecule has 112 valence electrons. The largest absolute Gasteiger partial charge is 0.341 e. The maximum absolute atomic E-state index is 12.6. The average molecular weight is 269 g/mol. The Morgan fingerprint density at radius 1 is 1.16 bits per heavy atom. The highest BCUT2D eigenvalue weighted by Gasteiger charge is 2.31. The first-order chi connectivity index (χ1) is 8.93. The van der Waals surface area contributed by atoms with Crippen molar-refractivity contribution in [3.63, 3.8) is 0 Å². The summed E-state index contributed by atoms with van der Waals surface area (Å²) < 4.78 is 0. The minimum Gasteiger partial charge on any atom is -0.341 e. The summed E-state index contributed by atoms with van der Waals surface area (Å²) in [5.41, 5.74) is 6.07. The van der Waals surface area contributed by atoms with Crippen LogP contribution in [-0.4, -0.2) is 55.5 Å². The van der Waals surface area contributed by atoms with Crippen LogP contribution in [0.15, 0.2) is 0 Å². The number of hydrogen-bond donors (Lipinski definition) is 1. The highest BCUT2D eigenvalue weighted by molar-refractivity contribution is 5.79. The predicted octanol–water partition coefficient (Wildman–Crippen LogP) is 1.55. The van der Waals surface area contributed by atoms with Gasteiger partial charge in [0, 0.05) is 31.6 Å². The van der Waals surface area contributed by atoms with E-state index >= 15 is 0 Å². The molecule has 0 heterocycles. The second-order valence-corrected chi connectivity index (χ2v) is 6.40. The summed E-state index contributed by atoms with van der Waals surface area (Å²) in [5, 5.41) is 0. The molecule has 0 bridgehead atoms. The van der Waals surface area contributed by atoms with Crippen molar-refractivity contribution in [2.75, 3.05) is 33.7 Å². The second kappa shape index (κ2) is 7.85. The van der Waals surface area contributed by atoms with Gasteiger partial charge >= 0.3 is 0 Å². The molecular weight excluding hydrogens is 238 g/mol. The fraction of sp³-hybridized carbons (Fsp3) is 0.933. The summed E-state index contributed by atoms with van der Waals surface area (Å²) in [5.74, 6) is 1.05. The van der Waals surface area contributed by atoms with Gasteiger partial charge < -0.3 is 15.5 Å². The quantitative estimate of drug-likeness (QED) is 0.796. The predicted molar refractivity (Wildman–Crippen MR) is 79.9 cm³/mol. The van der Waals surface area contributed by atoms with Crippen molar-refractivity contribution in [3.05, 3.63) is 0 Å².